The fourth-order valence-corrected chi connectivity index (χ4v) is 1.99. The average Bonchev–Trinajstić information content (AvgIpc) is 2.50. The van der Waals surface area contributed by atoms with Crippen molar-refractivity contribution in [3.8, 4) is 0 Å². The van der Waals surface area contributed by atoms with Crippen LogP contribution in [0.2, 0.25) is 0 Å². The van der Waals surface area contributed by atoms with Crippen LogP contribution in [0.1, 0.15) is 42.1 Å². The second-order valence-corrected chi connectivity index (χ2v) is 3.96. The van der Waals surface area contributed by atoms with Crippen molar-refractivity contribution >= 4 is 5.91 Å². The zero-order valence-corrected chi connectivity index (χ0v) is 8.79. The van der Waals surface area contributed by atoms with Crippen molar-refractivity contribution in [2.24, 2.45) is 0 Å². The molecule has 1 unspecified atom stereocenters. The predicted molar refractivity (Wildman–Crippen MR) is 57.3 cm³/mol. The first-order chi connectivity index (χ1) is 7.17. The minimum Gasteiger partial charge on any atom is -0.367 e. The summed E-state index contributed by atoms with van der Waals surface area (Å²) in [5.41, 5.74) is 0.156. The monoisotopic (exact) mass is 205 g/mol. The largest absolute Gasteiger partial charge is 0.367 e. The lowest BCUT2D eigenvalue weighted by Crippen LogP contribution is -2.38. The lowest BCUT2D eigenvalue weighted by atomic mass is 9.97. The number of carbonyl (C=O) groups is 1. The molecule has 80 valence electrons. The molecule has 1 heterocycles. The molecule has 0 saturated carbocycles. The van der Waals surface area contributed by atoms with Crippen LogP contribution in [0.3, 0.4) is 0 Å². The number of carbonyl (C=O) groups excluding carboxylic acids is 1. The van der Waals surface area contributed by atoms with Crippen LogP contribution in [-0.2, 0) is 5.72 Å². The number of hydrogen-bond acceptors (Lipinski definition) is 2. The lowest BCUT2D eigenvalue weighted by Gasteiger charge is -2.23. The van der Waals surface area contributed by atoms with Gasteiger partial charge in [0.1, 0.15) is 0 Å². The minimum absolute atomic E-state index is 0.177. The smallest absolute Gasteiger partial charge is 0.254 e. The number of nitrogens with one attached hydrogen (secondary N) is 1. The molecule has 15 heavy (non-hydrogen) atoms. The molecule has 3 heteroatoms. The Bertz CT molecular complexity index is 389. The number of aliphatic hydroxyl groups is 1. The highest BCUT2D eigenvalue weighted by Gasteiger charge is 2.39. The van der Waals surface area contributed by atoms with E-state index in [4.69, 9.17) is 0 Å². The Balaban J connectivity index is 2.34. The van der Waals surface area contributed by atoms with Crippen molar-refractivity contribution in [3.05, 3.63) is 35.4 Å². The predicted octanol–water partition coefficient (Wildman–Crippen LogP) is 1.77. The first-order valence-corrected chi connectivity index (χ1v) is 5.32. The van der Waals surface area contributed by atoms with Crippen molar-refractivity contribution < 1.29 is 9.90 Å². The maximum Gasteiger partial charge on any atom is 0.254 e. The van der Waals surface area contributed by atoms with Gasteiger partial charge in [-0.05, 0) is 18.9 Å². The normalized spacial score (nSPS) is 23.7. The molecule has 0 bridgehead atoms. The molecule has 1 atom stereocenters. The second-order valence-electron chi connectivity index (χ2n) is 3.96. The van der Waals surface area contributed by atoms with Crippen LogP contribution in [-0.4, -0.2) is 11.0 Å². The molecule has 0 spiro atoms. The third kappa shape index (κ3) is 1.63. The van der Waals surface area contributed by atoms with Gasteiger partial charge in [0.05, 0.1) is 0 Å². The molecule has 0 aromatic heterocycles. The Labute approximate surface area is 89.1 Å². The first-order valence-electron chi connectivity index (χ1n) is 5.32. The highest BCUT2D eigenvalue weighted by molar-refractivity contribution is 5.99. The average molecular weight is 205 g/mol. The third-order valence-corrected chi connectivity index (χ3v) is 2.83. The Kier molecular flexibility index (Phi) is 2.49. The summed E-state index contributed by atoms with van der Waals surface area (Å²) < 4.78 is 0. The van der Waals surface area contributed by atoms with Crippen LogP contribution in [0.25, 0.3) is 0 Å². The molecule has 0 radical (unpaired) electrons. The fraction of sp³-hybridized carbons (Fsp3) is 0.417. The Hall–Kier alpha value is -1.35. The van der Waals surface area contributed by atoms with Gasteiger partial charge in [0, 0.05) is 11.1 Å². The van der Waals surface area contributed by atoms with Gasteiger partial charge in [0.2, 0.25) is 0 Å². The van der Waals surface area contributed by atoms with Gasteiger partial charge < -0.3 is 10.4 Å². The second kappa shape index (κ2) is 3.66. The van der Waals surface area contributed by atoms with Gasteiger partial charge >= 0.3 is 0 Å². The van der Waals surface area contributed by atoms with E-state index in [2.05, 4.69) is 12.2 Å². The number of benzene rings is 1. The number of hydrogen-bond donors (Lipinski definition) is 2. The van der Waals surface area contributed by atoms with Crippen LogP contribution in [0, 0.1) is 0 Å². The molecule has 2 rings (SSSR count). The fourth-order valence-electron chi connectivity index (χ4n) is 1.99. The number of rotatable bonds is 3. The Morgan fingerprint density at radius 1 is 1.40 bits per heavy atom. The van der Waals surface area contributed by atoms with E-state index < -0.39 is 5.72 Å². The van der Waals surface area contributed by atoms with Gasteiger partial charge in [-0.3, -0.25) is 4.79 Å². The van der Waals surface area contributed by atoms with E-state index in [-0.39, 0.29) is 5.91 Å². The van der Waals surface area contributed by atoms with Crippen LogP contribution >= 0.6 is 0 Å². The summed E-state index contributed by atoms with van der Waals surface area (Å²) in [6, 6.07) is 7.21. The molecule has 3 nitrogen and oxygen atoms in total. The van der Waals surface area contributed by atoms with Crippen molar-refractivity contribution in [1.82, 2.24) is 5.32 Å². The third-order valence-electron chi connectivity index (χ3n) is 2.83. The lowest BCUT2D eigenvalue weighted by molar-refractivity contribution is 0.00359. The molecule has 1 aromatic carbocycles. The van der Waals surface area contributed by atoms with E-state index in [0.29, 0.717) is 17.5 Å². The van der Waals surface area contributed by atoms with E-state index in [9.17, 15) is 9.90 Å². The molecule has 0 fully saturated rings. The summed E-state index contributed by atoms with van der Waals surface area (Å²) in [5, 5.41) is 13.0. The van der Waals surface area contributed by atoms with Gasteiger partial charge in [-0.1, -0.05) is 31.5 Å². The van der Waals surface area contributed by atoms with Crippen LogP contribution < -0.4 is 5.32 Å². The summed E-state index contributed by atoms with van der Waals surface area (Å²) in [4.78, 5) is 11.6. The van der Waals surface area contributed by atoms with Gasteiger partial charge in [0.25, 0.3) is 5.91 Å². The van der Waals surface area contributed by atoms with Gasteiger partial charge in [-0.15, -0.1) is 0 Å². The first kappa shape index (κ1) is 10.2. The van der Waals surface area contributed by atoms with E-state index in [0.717, 1.165) is 12.8 Å². The number of amides is 1. The van der Waals surface area contributed by atoms with Crippen molar-refractivity contribution in [2.75, 3.05) is 0 Å². The molecular formula is C12H15NO2. The highest BCUT2D eigenvalue weighted by Crippen LogP contribution is 2.32. The summed E-state index contributed by atoms with van der Waals surface area (Å²) >= 11 is 0. The van der Waals surface area contributed by atoms with Gasteiger partial charge in [-0.2, -0.15) is 0 Å². The van der Waals surface area contributed by atoms with E-state index >= 15 is 0 Å². The van der Waals surface area contributed by atoms with Crippen LogP contribution in [0.5, 0.6) is 0 Å². The topological polar surface area (TPSA) is 49.3 Å². The zero-order valence-electron chi connectivity index (χ0n) is 8.79. The van der Waals surface area contributed by atoms with Crippen molar-refractivity contribution in [1.29, 1.82) is 0 Å². The summed E-state index contributed by atoms with van der Waals surface area (Å²) in [6.45, 7) is 2.06. The molecule has 1 aliphatic heterocycles. The molecule has 1 aromatic rings. The molecule has 1 amide bonds. The molecule has 0 aliphatic carbocycles. The Morgan fingerprint density at radius 3 is 2.87 bits per heavy atom. The zero-order chi connectivity index (χ0) is 10.9. The molecular weight excluding hydrogens is 190 g/mol. The molecule has 1 aliphatic rings. The number of unbranched alkanes of at least 4 members (excludes halogenated alkanes) is 1. The van der Waals surface area contributed by atoms with Crippen LogP contribution in [0.4, 0.5) is 0 Å². The maximum absolute atomic E-state index is 11.6. The number of fused-ring (bicyclic) bond motifs is 1. The van der Waals surface area contributed by atoms with Gasteiger partial charge in [-0.25, -0.2) is 0 Å². The minimum atomic E-state index is -1.15. The van der Waals surface area contributed by atoms with E-state index in [1.807, 2.05) is 18.2 Å². The summed E-state index contributed by atoms with van der Waals surface area (Å²) in [6.07, 6.45) is 2.47. The maximum atomic E-state index is 11.6. The highest BCUT2D eigenvalue weighted by atomic mass is 16.3. The van der Waals surface area contributed by atoms with Crippen LogP contribution in [0.15, 0.2) is 24.3 Å². The standard InChI is InChI=1S/C12H15NO2/c1-2-3-8-12(15)10-7-5-4-6-9(10)11(14)13-12/h4-7,15H,2-3,8H2,1H3,(H,13,14). The van der Waals surface area contributed by atoms with Gasteiger partial charge in [0.15, 0.2) is 5.72 Å². The summed E-state index contributed by atoms with van der Waals surface area (Å²) in [7, 11) is 0. The molecule has 2 N–H and O–H groups in total. The Morgan fingerprint density at radius 2 is 2.13 bits per heavy atom. The van der Waals surface area contributed by atoms with E-state index in [1.165, 1.54) is 0 Å². The molecule has 0 saturated heterocycles. The quantitative estimate of drug-likeness (QED) is 0.790. The van der Waals surface area contributed by atoms with Crippen molar-refractivity contribution in [2.45, 2.75) is 31.9 Å². The van der Waals surface area contributed by atoms with E-state index in [1.54, 1.807) is 6.07 Å². The van der Waals surface area contributed by atoms with Crippen molar-refractivity contribution in [3.63, 3.8) is 0 Å². The SMILES string of the molecule is CCCCC1(O)NC(=O)c2ccccc21. The summed E-state index contributed by atoms with van der Waals surface area (Å²) in [5.74, 6) is -0.177.